The van der Waals surface area contributed by atoms with Crippen molar-refractivity contribution >= 4 is 23.7 Å². The molecule has 0 aliphatic heterocycles. The predicted octanol–water partition coefficient (Wildman–Crippen LogP) is 4.62. The summed E-state index contributed by atoms with van der Waals surface area (Å²) in [6.45, 7) is 5.88. The molecule has 0 saturated heterocycles. The summed E-state index contributed by atoms with van der Waals surface area (Å²) in [6, 6.07) is 15.7. The van der Waals surface area contributed by atoms with Gasteiger partial charge in [-0.1, -0.05) is 26.0 Å². The number of hydrogen-bond donors (Lipinski definition) is 2. The summed E-state index contributed by atoms with van der Waals surface area (Å²) < 4.78 is 25.5. The number of nitrogens with one attached hydrogen (secondary N) is 2. The fraction of sp³-hybridized carbons (Fsp3) is 0.250. The molecular formula is C28H29FN4O6. The SMILES string of the molecule is CCOc1cc(C=NNC(=O)C(NC(=O)c2ccccc2F)C(C)C)ccc1OCc1ccc([N+](=O)[O-])cc1. The standard InChI is InChI=1S/C28H29FN4O6/c1-4-38-25-15-20(11-14-24(25)39-17-19-9-12-21(13-10-19)33(36)37)16-30-32-28(35)26(18(2)3)31-27(34)22-7-5-6-8-23(22)29/h5-16,18,26H,4,17H2,1-3H3,(H,31,34)(H,32,35). The molecule has 0 aliphatic carbocycles. The van der Waals surface area contributed by atoms with Gasteiger partial charge in [-0.2, -0.15) is 5.10 Å². The van der Waals surface area contributed by atoms with Crippen molar-refractivity contribution < 1.29 is 28.4 Å². The maximum Gasteiger partial charge on any atom is 0.269 e. The first-order valence-corrected chi connectivity index (χ1v) is 12.2. The van der Waals surface area contributed by atoms with Crippen molar-refractivity contribution in [2.75, 3.05) is 6.61 Å². The van der Waals surface area contributed by atoms with Gasteiger partial charge in [0.25, 0.3) is 17.5 Å². The number of carbonyl (C=O) groups is 2. The molecule has 0 fully saturated rings. The Morgan fingerprint density at radius 1 is 1.05 bits per heavy atom. The molecule has 0 spiro atoms. The molecule has 0 radical (unpaired) electrons. The Morgan fingerprint density at radius 3 is 2.41 bits per heavy atom. The fourth-order valence-corrected chi connectivity index (χ4v) is 3.51. The summed E-state index contributed by atoms with van der Waals surface area (Å²) in [4.78, 5) is 35.5. The molecule has 3 aromatic carbocycles. The Bertz CT molecular complexity index is 1340. The summed E-state index contributed by atoms with van der Waals surface area (Å²) in [5.41, 5.74) is 3.61. The molecule has 0 aromatic heterocycles. The number of hydrazone groups is 1. The van der Waals surface area contributed by atoms with E-state index in [4.69, 9.17) is 9.47 Å². The highest BCUT2D eigenvalue weighted by Crippen LogP contribution is 2.29. The van der Waals surface area contributed by atoms with Gasteiger partial charge in [-0.25, -0.2) is 9.82 Å². The van der Waals surface area contributed by atoms with E-state index in [-0.39, 0.29) is 23.8 Å². The summed E-state index contributed by atoms with van der Waals surface area (Å²) in [6.07, 6.45) is 1.41. The molecule has 0 bridgehead atoms. The fourth-order valence-electron chi connectivity index (χ4n) is 3.51. The van der Waals surface area contributed by atoms with Crippen molar-refractivity contribution in [1.82, 2.24) is 10.7 Å². The van der Waals surface area contributed by atoms with Crippen LogP contribution in [0.15, 0.2) is 71.8 Å². The molecule has 0 aliphatic rings. The van der Waals surface area contributed by atoms with E-state index in [0.717, 1.165) is 5.56 Å². The molecule has 11 heteroatoms. The van der Waals surface area contributed by atoms with Gasteiger partial charge in [0, 0.05) is 12.1 Å². The zero-order valence-electron chi connectivity index (χ0n) is 21.7. The van der Waals surface area contributed by atoms with E-state index >= 15 is 0 Å². The lowest BCUT2D eigenvalue weighted by Gasteiger charge is -2.20. The third-order valence-corrected chi connectivity index (χ3v) is 5.55. The molecule has 39 heavy (non-hydrogen) atoms. The summed E-state index contributed by atoms with van der Waals surface area (Å²) in [5, 5.41) is 17.4. The van der Waals surface area contributed by atoms with Crippen molar-refractivity contribution in [3.63, 3.8) is 0 Å². The number of carbonyl (C=O) groups excluding carboxylic acids is 2. The Balaban J connectivity index is 1.63. The monoisotopic (exact) mass is 536 g/mol. The van der Waals surface area contributed by atoms with E-state index < -0.39 is 28.6 Å². The van der Waals surface area contributed by atoms with Gasteiger partial charge in [0.2, 0.25) is 0 Å². The highest BCUT2D eigenvalue weighted by Gasteiger charge is 2.25. The Labute approximate surface area is 225 Å². The van der Waals surface area contributed by atoms with Crippen molar-refractivity contribution in [2.24, 2.45) is 11.0 Å². The number of rotatable bonds is 12. The van der Waals surface area contributed by atoms with Crippen LogP contribution >= 0.6 is 0 Å². The summed E-state index contributed by atoms with van der Waals surface area (Å²) in [7, 11) is 0. The first kappa shape index (κ1) is 28.8. The van der Waals surface area contributed by atoms with Gasteiger partial charge in [0.1, 0.15) is 18.5 Å². The van der Waals surface area contributed by atoms with E-state index in [1.165, 1.54) is 42.6 Å². The minimum Gasteiger partial charge on any atom is -0.490 e. The molecular weight excluding hydrogens is 507 g/mol. The maximum absolute atomic E-state index is 13.9. The van der Waals surface area contributed by atoms with Crippen LogP contribution in [-0.2, 0) is 11.4 Å². The lowest BCUT2D eigenvalue weighted by Crippen LogP contribution is -2.48. The van der Waals surface area contributed by atoms with Crippen LogP contribution < -0.4 is 20.2 Å². The van der Waals surface area contributed by atoms with Crippen molar-refractivity contribution in [3.05, 3.63) is 99.4 Å². The number of nitro benzene ring substituents is 1. The van der Waals surface area contributed by atoms with Gasteiger partial charge in [0.15, 0.2) is 11.5 Å². The number of nitrogens with zero attached hydrogens (tertiary/aromatic N) is 2. The molecule has 1 unspecified atom stereocenters. The molecule has 1 atom stereocenters. The van der Waals surface area contributed by atoms with Gasteiger partial charge < -0.3 is 14.8 Å². The van der Waals surface area contributed by atoms with Crippen molar-refractivity contribution in [2.45, 2.75) is 33.4 Å². The van der Waals surface area contributed by atoms with E-state index in [1.54, 1.807) is 44.2 Å². The molecule has 204 valence electrons. The second-order valence-electron chi connectivity index (χ2n) is 8.76. The van der Waals surface area contributed by atoms with Crippen LogP contribution in [0.5, 0.6) is 11.5 Å². The van der Waals surface area contributed by atoms with E-state index in [2.05, 4.69) is 15.8 Å². The largest absolute Gasteiger partial charge is 0.490 e. The van der Waals surface area contributed by atoms with Crippen LogP contribution in [0, 0.1) is 21.8 Å². The first-order valence-electron chi connectivity index (χ1n) is 12.2. The number of non-ortho nitro benzene ring substituents is 1. The number of ether oxygens (including phenoxy) is 2. The van der Waals surface area contributed by atoms with Gasteiger partial charge in [0.05, 0.1) is 23.3 Å². The summed E-state index contributed by atoms with van der Waals surface area (Å²) >= 11 is 0. The van der Waals surface area contributed by atoms with Crippen LogP contribution in [0.3, 0.4) is 0 Å². The number of nitro groups is 1. The molecule has 3 aromatic rings. The lowest BCUT2D eigenvalue weighted by molar-refractivity contribution is -0.384. The second-order valence-corrected chi connectivity index (χ2v) is 8.76. The van der Waals surface area contributed by atoms with Crippen LogP contribution in [0.2, 0.25) is 0 Å². The minimum atomic E-state index is -0.941. The second kappa shape index (κ2) is 13.7. The topological polar surface area (TPSA) is 132 Å². The zero-order valence-corrected chi connectivity index (χ0v) is 21.7. The number of halogens is 1. The minimum absolute atomic E-state index is 0.00308. The van der Waals surface area contributed by atoms with Gasteiger partial charge in [-0.05, 0) is 66.4 Å². The Kier molecular flexibility index (Phi) is 10.1. The Morgan fingerprint density at radius 2 is 1.77 bits per heavy atom. The van der Waals surface area contributed by atoms with Crippen LogP contribution in [0.4, 0.5) is 10.1 Å². The molecule has 0 saturated carbocycles. The molecule has 2 N–H and O–H groups in total. The molecule has 3 rings (SSSR count). The molecule has 2 amide bonds. The highest BCUT2D eigenvalue weighted by molar-refractivity contribution is 5.98. The average molecular weight is 537 g/mol. The smallest absolute Gasteiger partial charge is 0.269 e. The summed E-state index contributed by atoms with van der Waals surface area (Å²) in [5.74, 6) is -1.30. The predicted molar refractivity (Wildman–Crippen MR) is 143 cm³/mol. The van der Waals surface area contributed by atoms with Gasteiger partial charge in [-0.15, -0.1) is 0 Å². The van der Waals surface area contributed by atoms with Crippen LogP contribution in [0.1, 0.15) is 42.3 Å². The van der Waals surface area contributed by atoms with Crippen molar-refractivity contribution in [3.8, 4) is 11.5 Å². The van der Waals surface area contributed by atoms with E-state index in [1.807, 2.05) is 6.92 Å². The van der Waals surface area contributed by atoms with Crippen LogP contribution in [0.25, 0.3) is 0 Å². The maximum atomic E-state index is 13.9. The van der Waals surface area contributed by atoms with Crippen LogP contribution in [-0.4, -0.2) is 35.6 Å². The number of amides is 2. The third kappa shape index (κ3) is 8.09. The highest BCUT2D eigenvalue weighted by atomic mass is 19.1. The quantitative estimate of drug-likeness (QED) is 0.197. The van der Waals surface area contributed by atoms with Crippen molar-refractivity contribution in [1.29, 1.82) is 0 Å². The van der Waals surface area contributed by atoms with Gasteiger partial charge >= 0.3 is 0 Å². The average Bonchev–Trinajstić information content (AvgIpc) is 2.91. The number of benzene rings is 3. The molecule has 10 nitrogen and oxygen atoms in total. The zero-order chi connectivity index (χ0) is 28.4. The first-order chi connectivity index (χ1) is 18.7. The third-order valence-electron chi connectivity index (χ3n) is 5.55. The lowest BCUT2D eigenvalue weighted by atomic mass is 10.0. The normalized spacial score (nSPS) is 11.7. The van der Waals surface area contributed by atoms with E-state index in [9.17, 15) is 24.1 Å². The molecule has 0 heterocycles. The van der Waals surface area contributed by atoms with Gasteiger partial charge in [-0.3, -0.25) is 19.7 Å². The van der Waals surface area contributed by atoms with E-state index in [0.29, 0.717) is 23.7 Å². The Hall–Kier alpha value is -4.80. The number of hydrogen-bond acceptors (Lipinski definition) is 7.